The van der Waals surface area contributed by atoms with Crippen molar-refractivity contribution in [3.63, 3.8) is 0 Å². The van der Waals surface area contributed by atoms with Gasteiger partial charge in [-0.2, -0.15) is 0 Å². The van der Waals surface area contributed by atoms with Gasteiger partial charge in [-0.3, -0.25) is 10.1 Å². The average molecular weight is 278 g/mol. The number of hydrogen-bond donors (Lipinski definition) is 1. The lowest BCUT2D eigenvalue weighted by molar-refractivity contribution is -0.385. The van der Waals surface area contributed by atoms with Gasteiger partial charge in [-0.15, -0.1) is 0 Å². The van der Waals surface area contributed by atoms with Gasteiger partial charge in [0.15, 0.2) is 0 Å². The molecule has 0 spiro atoms. The van der Waals surface area contributed by atoms with Crippen molar-refractivity contribution in [2.75, 3.05) is 32.0 Å². The fourth-order valence-electron chi connectivity index (χ4n) is 2.59. The Balaban J connectivity index is 1.81. The number of piperidine rings is 1. The molecule has 6 nitrogen and oxygen atoms in total. The topological polar surface area (TPSA) is 71.3 Å². The van der Waals surface area contributed by atoms with Gasteiger partial charge in [0.25, 0.3) is 5.69 Å². The van der Waals surface area contributed by atoms with E-state index >= 15 is 0 Å². The molecule has 0 atom stereocenters. The van der Waals surface area contributed by atoms with Crippen molar-refractivity contribution >= 4 is 11.5 Å². The third-order valence-electron chi connectivity index (χ3n) is 3.96. The van der Waals surface area contributed by atoms with Crippen molar-refractivity contribution in [2.24, 2.45) is 5.92 Å². The minimum atomic E-state index is -0.414. The summed E-state index contributed by atoms with van der Waals surface area (Å²) in [6.07, 6.45) is 4.95. The fourth-order valence-corrected chi connectivity index (χ4v) is 2.59. The van der Waals surface area contributed by atoms with Crippen molar-refractivity contribution < 1.29 is 4.92 Å². The van der Waals surface area contributed by atoms with Crippen LogP contribution in [-0.4, -0.2) is 41.5 Å². The minimum Gasteiger partial charge on any atom is -0.370 e. The van der Waals surface area contributed by atoms with Gasteiger partial charge in [0.1, 0.15) is 12.0 Å². The Morgan fingerprint density at radius 2 is 2.20 bits per heavy atom. The molecule has 20 heavy (non-hydrogen) atoms. The predicted octanol–water partition coefficient (Wildman–Crippen LogP) is 2.44. The third-order valence-corrected chi connectivity index (χ3v) is 3.96. The van der Waals surface area contributed by atoms with Crippen LogP contribution >= 0.6 is 0 Å². The number of hydrogen-bond acceptors (Lipinski definition) is 5. The Labute approximate surface area is 119 Å². The van der Waals surface area contributed by atoms with E-state index in [1.54, 1.807) is 6.07 Å². The lowest BCUT2D eigenvalue weighted by atomic mass is 9.94. The summed E-state index contributed by atoms with van der Waals surface area (Å²) in [7, 11) is 2.17. The zero-order chi connectivity index (χ0) is 14.5. The van der Waals surface area contributed by atoms with Crippen molar-refractivity contribution in [3.8, 4) is 0 Å². The molecule has 0 bridgehead atoms. The Bertz CT molecular complexity index is 470. The molecule has 2 rings (SSSR count). The Hall–Kier alpha value is -1.69. The van der Waals surface area contributed by atoms with Gasteiger partial charge >= 0.3 is 0 Å². The zero-order valence-electron chi connectivity index (χ0n) is 12.1. The van der Waals surface area contributed by atoms with Crippen LogP contribution in [-0.2, 0) is 0 Å². The molecule has 110 valence electrons. The van der Waals surface area contributed by atoms with Crippen LogP contribution < -0.4 is 5.32 Å². The second kappa shape index (κ2) is 6.65. The highest BCUT2D eigenvalue weighted by molar-refractivity contribution is 5.48. The average Bonchev–Trinajstić information content (AvgIpc) is 2.42. The van der Waals surface area contributed by atoms with Gasteiger partial charge < -0.3 is 10.2 Å². The number of nitro groups is 1. The number of nitrogens with zero attached hydrogens (tertiary/aromatic N) is 3. The molecular weight excluding hydrogens is 256 g/mol. The molecular formula is C14H22N4O2. The quantitative estimate of drug-likeness (QED) is 0.661. The molecule has 2 heterocycles. The lowest BCUT2D eigenvalue weighted by Crippen LogP contribution is -2.30. The van der Waals surface area contributed by atoms with Crippen LogP contribution in [0.4, 0.5) is 11.5 Å². The monoisotopic (exact) mass is 278 g/mol. The summed E-state index contributed by atoms with van der Waals surface area (Å²) in [4.78, 5) is 16.7. The van der Waals surface area contributed by atoms with Crippen LogP contribution in [0, 0.1) is 23.0 Å². The van der Waals surface area contributed by atoms with E-state index in [9.17, 15) is 10.1 Å². The number of likely N-dealkylation sites (tertiary alicyclic amines) is 1. The summed E-state index contributed by atoms with van der Waals surface area (Å²) in [6, 6.07) is 1.56. The number of aromatic nitrogens is 1. The minimum absolute atomic E-state index is 0.0448. The van der Waals surface area contributed by atoms with Crippen LogP contribution in [0.3, 0.4) is 0 Å². The summed E-state index contributed by atoms with van der Waals surface area (Å²) in [5, 5.41) is 13.9. The molecule has 1 aromatic rings. The molecule has 1 fully saturated rings. The highest BCUT2D eigenvalue weighted by atomic mass is 16.6. The van der Waals surface area contributed by atoms with Crippen LogP contribution in [0.1, 0.15) is 24.8 Å². The SMILES string of the molecule is Cc1cc([N+](=O)[O-])cnc1NCCC1CCN(C)CC1. The van der Waals surface area contributed by atoms with E-state index in [2.05, 4.69) is 22.2 Å². The molecule has 1 aliphatic rings. The van der Waals surface area contributed by atoms with Crippen LogP contribution in [0.5, 0.6) is 0 Å². The fraction of sp³-hybridized carbons (Fsp3) is 0.643. The predicted molar refractivity (Wildman–Crippen MR) is 79.0 cm³/mol. The summed E-state index contributed by atoms with van der Waals surface area (Å²) >= 11 is 0. The zero-order valence-corrected chi connectivity index (χ0v) is 12.1. The summed E-state index contributed by atoms with van der Waals surface area (Å²) < 4.78 is 0. The van der Waals surface area contributed by atoms with E-state index < -0.39 is 4.92 Å². The first-order valence-electron chi connectivity index (χ1n) is 7.09. The number of pyridine rings is 1. The Morgan fingerprint density at radius 3 is 2.80 bits per heavy atom. The third kappa shape index (κ3) is 3.90. The van der Waals surface area contributed by atoms with E-state index in [0.717, 1.165) is 30.3 Å². The molecule has 1 aromatic heterocycles. The van der Waals surface area contributed by atoms with Gasteiger partial charge in [-0.1, -0.05) is 0 Å². The molecule has 0 radical (unpaired) electrons. The molecule has 0 amide bonds. The molecule has 0 aliphatic carbocycles. The van der Waals surface area contributed by atoms with Gasteiger partial charge in [-0.25, -0.2) is 4.98 Å². The Morgan fingerprint density at radius 1 is 1.50 bits per heavy atom. The number of anilines is 1. The van der Waals surface area contributed by atoms with Crippen molar-refractivity contribution in [2.45, 2.75) is 26.2 Å². The van der Waals surface area contributed by atoms with E-state index in [4.69, 9.17) is 0 Å². The summed E-state index contributed by atoms with van der Waals surface area (Å²) in [5.74, 6) is 1.53. The highest BCUT2D eigenvalue weighted by Crippen LogP contribution is 2.21. The van der Waals surface area contributed by atoms with Gasteiger partial charge in [0.2, 0.25) is 0 Å². The van der Waals surface area contributed by atoms with Gasteiger partial charge in [-0.05, 0) is 57.8 Å². The van der Waals surface area contributed by atoms with Crippen LogP contribution in [0.15, 0.2) is 12.3 Å². The number of rotatable bonds is 5. The first-order chi connectivity index (χ1) is 9.56. The number of nitrogens with one attached hydrogen (secondary N) is 1. The normalized spacial score (nSPS) is 17.1. The van der Waals surface area contributed by atoms with E-state index in [0.29, 0.717) is 0 Å². The van der Waals surface area contributed by atoms with Gasteiger partial charge in [0, 0.05) is 12.6 Å². The first kappa shape index (κ1) is 14.7. The molecule has 0 aromatic carbocycles. The van der Waals surface area contributed by atoms with Gasteiger partial charge in [0.05, 0.1) is 4.92 Å². The van der Waals surface area contributed by atoms with Crippen LogP contribution in [0.2, 0.25) is 0 Å². The molecule has 6 heteroatoms. The molecule has 1 aliphatic heterocycles. The van der Waals surface area contributed by atoms with E-state index in [1.165, 1.54) is 32.1 Å². The first-order valence-corrected chi connectivity index (χ1v) is 7.09. The summed E-state index contributed by atoms with van der Waals surface area (Å²) in [5.41, 5.74) is 0.867. The highest BCUT2D eigenvalue weighted by Gasteiger charge is 2.16. The summed E-state index contributed by atoms with van der Waals surface area (Å²) in [6.45, 7) is 5.08. The van der Waals surface area contributed by atoms with E-state index in [1.807, 2.05) is 6.92 Å². The second-order valence-corrected chi connectivity index (χ2v) is 5.58. The number of aryl methyl sites for hydroxylation is 1. The standard InChI is InChI=1S/C14H22N4O2/c1-11-9-13(18(19)20)10-16-14(11)15-6-3-12-4-7-17(2)8-5-12/h9-10,12H,3-8H2,1-2H3,(H,15,16). The maximum Gasteiger partial charge on any atom is 0.287 e. The molecule has 1 saturated heterocycles. The molecule has 0 saturated carbocycles. The lowest BCUT2D eigenvalue weighted by Gasteiger charge is -2.28. The molecule has 1 N–H and O–H groups in total. The van der Waals surface area contributed by atoms with Crippen LogP contribution in [0.25, 0.3) is 0 Å². The Kier molecular flexibility index (Phi) is 4.89. The largest absolute Gasteiger partial charge is 0.370 e. The van der Waals surface area contributed by atoms with Crippen molar-refractivity contribution in [3.05, 3.63) is 27.9 Å². The maximum atomic E-state index is 10.7. The molecule has 0 unspecified atom stereocenters. The maximum absolute atomic E-state index is 10.7. The van der Waals surface area contributed by atoms with E-state index in [-0.39, 0.29) is 5.69 Å². The van der Waals surface area contributed by atoms with Crippen molar-refractivity contribution in [1.82, 2.24) is 9.88 Å². The second-order valence-electron chi connectivity index (χ2n) is 5.58. The van der Waals surface area contributed by atoms with Crippen molar-refractivity contribution in [1.29, 1.82) is 0 Å². The smallest absolute Gasteiger partial charge is 0.287 e.